The lowest BCUT2D eigenvalue weighted by Gasteiger charge is -2.42. The van der Waals surface area contributed by atoms with Crippen molar-refractivity contribution < 1.29 is 8.85 Å². The number of hydrogen-bond donors (Lipinski definition) is 0. The van der Waals surface area contributed by atoms with Crippen LogP contribution in [0.3, 0.4) is 0 Å². The molecule has 0 atom stereocenters. The van der Waals surface area contributed by atoms with Gasteiger partial charge in [-0.05, 0) is 96.2 Å². The molecule has 0 radical (unpaired) electrons. The Morgan fingerprint density at radius 3 is 1.07 bits per heavy atom. The SMILES string of the molecule is CCN(CC)CCC(CCN(CC)CC)(CCN(CC)CC)C[Si](C)(OC)OC. The molecule has 0 aliphatic carbocycles. The lowest BCUT2D eigenvalue weighted by Crippen LogP contribution is -2.46. The summed E-state index contributed by atoms with van der Waals surface area (Å²) < 4.78 is 12.0. The van der Waals surface area contributed by atoms with Crippen LogP contribution in [0.25, 0.3) is 0 Å². The van der Waals surface area contributed by atoms with Gasteiger partial charge >= 0.3 is 8.56 Å². The van der Waals surface area contributed by atoms with Crippen molar-refractivity contribution in [2.24, 2.45) is 5.41 Å². The molecule has 0 bridgehead atoms. The van der Waals surface area contributed by atoms with E-state index in [1.165, 1.54) is 38.9 Å². The summed E-state index contributed by atoms with van der Waals surface area (Å²) in [6, 6.07) is 1.08. The van der Waals surface area contributed by atoms with Crippen molar-refractivity contribution in [3.63, 3.8) is 0 Å². The molecular weight excluding hydrogens is 378 g/mol. The van der Waals surface area contributed by atoms with Crippen molar-refractivity contribution in [2.75, 3.05) is 73.1 Å². The quantitative estimate of drug-likeness (QED) is 0.280. The maximum Gasteiger partial charge on any atom is 0.334 e. The fraction of sp³-hybridized carbons (Fsp3) is 1.00. The Bertz CT molecular complexity index is 342. The van der Waals surface area contributed by atoms with E-state index in [0.717, 1.165) is 45.3 Å². The van der Waals surface area contributed by atoms with Crippen molar-refractivity contribution in [2.45, 2.75) is 73.4 Å². The average Bonchev–Trinajstić information content (AvgIpc) is 2.75. The van der Waals surface area contributed by atoms with E-state index in [1.807, 2.05) is 14.2 Å². The minimum absolute atomic E-state index is 0.265. The highest BCUT2D eigenvalue weighted by Crippen LogP contribution is 2.41. The van der Waals surface area contributed by atoms with E-state index in [-0.39, 0.29) is 5.41 Å². The summed E-state index contributed by atoms with van der Waals surface area (Å²) >= 11 is 0. The summed E-state index contributed by atoms with van der Waals surface area (Å²) in [7, 11) is 1.53. The normalized spacial score (nSPS) is 13.2. The monoisotopic (exact) mass is 431 g/mol. The zero-order valence-corrected chi connectivity index (χ0v) is 22.4. The van der Waals surface area contributed by atoms with Gasteiger partial charge in [-0.1, -0.05) is 41.5 Å². The van der Waals surface area contributed by atoms with Gasteiger partial charge in [-0.3, -0.25) is 0 Å². The van der Waals surface area contributed by atoms with Crippen LogP contribution in [0, 0.1) is 5.41 Å². The fourth-order valence-corrected chi connectivity index (χ4v) is 6.70. The summed E-state index contributed by atoms with van der Waals surface area (Å²) in [6.45, 7) is 26.2. The second-order valence-electron chi connectivity index (χ2n) is 8.55. The summed E-state index contributed by atoms with van der Waals surface area (Å²) in [5.41, 5.74) is 0.265. The second-order valence-corrected chi connectivity index (χ2v) is 12.0. The second kappa shape index (κ2) is 15.8. The first-order valence-electron chi connectivity index (χ1n) is 12.1. The first-order chi connectivity index (χ1) is 13.8. The van der Waals surface area contributed by atoms with Gasteiger partial charge in [0.25, 0.3) is 0 Å². The Morgan fingerprint density at radius 2 is 0.862 bits per heavy atom. The molecule has 0 unspecified atom stereocenters. The van der Waals surface area contributed by atoms with Crippen molar-refractivity contribution in [1.29, 1.82) is 0 Å². The molecule has 0 rings (SSSR count). The first-order valence-corrected chi connectivity index (χ1v) is 14.6. The van der Waals surface area contributed by atoms with Crippen LogP contribution in [0.1, 0.15) is 60.8 Å². The van der Waals surface area contributed by atoms with Gasteiger partial charge in [0, 0.05) is 14.2 Å². The van der Waals surface area contributed by atoms with Gasteiger partial charge < -0.3 is 23.6 Å². The van der Waals surface area contributed by atoms with Crippen LogP contribution < -0.4 is 0 Å². The predicted octanol–water partition coefficient (Wildman–Crippen LogP) is 4.53. The molecule has 0 amide bonds. The highest BCUT2D eigenvalue weighted by molar-refractivity contribution is 6.66. The van der Waals surface area contributed by atoms with Crippen LogP contribution in [-0.2, 0) is 8.85 Å². The third-order valence-corrected chi connectivity index (χ3v) is 10.2. The van der Waals surface area contributed by atoms with Gasteiger partial charge in [-0.15, -0.1) is 0 Å². The molecule has 0 saturated carbocycles. The molecule has 29 heavy (non-hydrogen) atoms. The van der Waals surface area contributed by atoms with Gasteiger partial charge in [0.2, 0.25) is 0 Å². The molecule has 0 spiro atoms. The zero-order chi connectivity index (χ0) is 22.3. The topological polar surface area (TPSA) is 28.2 Å². The summed E-state index contributed by atoms with van der Waals surface area (Å²) in [6.07, 6.45) is 3.69. The lowest BCUT2D eigenvalue weighted by molar-refractivity contribution is 0.127. The minimum Gasteiger partial charge on any atom is -0.398 e. The van der Waals surface area contributed by atoms with Crippen molar-refractivity contribution >= 4 is 8.56 Å². The van der Waals surface area contributed by atoms with Gasteiger partial charge in [-0.25, -0.2) is 0 Å². The fourth-order valence-electron chi connectivity index (χ4n) is 4.35. The largest absolute Gasteiger partial charge is 0.398 e. The van der Waals surface area contributed by atoms with E-state index < -0.39 is 8.56 Å². The Balaban J connectivity index is 5.71. The summed E-state index contributed by atoms with van der Waals surface area (Å²) in [5, 5.41) is 0. The van der Waals surface area contributed by atoms with E-state index in [1.54, 1.807) is 0 Å². The number of rotatable bonds is 19. The van der Waals surface area contributed by atoms with Crippen molar-refractivity contribution in [3.8, 4) is 0 Å². The molecule has 0 saturated heterocycles. The zero-order valence-electron chi connectivity index (χ0n) is 21.4. The minimum atomic E-state index is -2.17. The van der Waals surface area contributed by atoms with E-state index in [2.05, 4.69) is 62.8 Å². The molecule has 0 N–H and O–H groups in total. The molecule has 6 heteroatoms. The third-order valence-electron chi connectivity index (χ3n) is 7.12. The Labute approximate surface area is 184 Å². The van der Waals surface area contributed by atoms with Crippen LogP contribution in [0.5, 0.6) is 0 Å². The highest BCUT2D eigenvalue weighted by Gasteiger charge is 2.42. The Morgan fingerprint density at radius 1 is 0.586 bits per heavy atom. The summed E-state index contributed by atoms with van der Waals surface area (Å²) in [4.78, 5) is 7.71. The van der Waals surface area contributed by atoms with Gasteiger partial charge in [-0.2, -0.15) is 0 Å². The van der Waals surface area contributed by atoms with Gasteiger partial charge in [0.15, 0.2) is 0 Å². The van der Waals surface area contributed by atoms with E-state index in [4.69, 9.17) is 8.85 Å². The number of hydrogen-bond acceptors (Lipinski definition) is 5. The van der Waals surface area contributed by atoms with E-state index in [0.29, 0.717) is 0 Å². The molecule has 0 aliphatic heterocycles. The molecule has 0 aromatic rings. The van der Waals surface area contributed by atoms with Crippen LogP contribution in [-0.4, -0.2) is 96.4 Å². The van der Waals surface area contributed by atoms with Crippen molar-refractivity contribution in [1.82, 2.24) is 14.7 Å². The third kappa shape index (κ3) is 10.7. The van der Waals surface area contributed by atoms with Crippen molar-refractivity contribution in [3.05, 3.63) is 0 Å². The standard InChI is InChI=1S/C23H53N3O2Si/c1-10-24(11-2)19-16-23(17-20-25(12-3)13-4,18-21-26(14-5)15-6)22-29(9,27-7)28-8/h10-22H2,1-9H3. The van der Waals surface area contributed by atoms with E-state index in [9.17, 15) is 0 Å². The molecule has 0 aromatic carbocycles. The maximum absolute atomic E-state index is 6.00. The van der Waals surface area contributed by atoms with Crippen LogP contribution >= 0.6 is 0 Å². The average molecular weight is 432 g/mol. The Kier molecular flexibility index (Phi) is 15.8. The predicted molar refractivity (Wildman–Crippen MR) is 130 cm³/mol. The molecule has 0 heterocycles. The Hall–Kier alpha value is 0.0169. The highest BCUT2D eigenvalue weighted by atomic mass is 28.4. The summed E-state index contributed by atoms with van der Waals surface area (Å²) in [5.74, 6) is 0. The van der Waals surface area contributed by atoms with E-state index >= 15 is 0 Å². The molecule has 0 aliphatic rings. The first kappa shape index (κ1) is 29.0. The molecule has 176 valence electrons. The van der Waals surface area contributed by atoms with Gasteiger partial charge in [0.1, 0.15) is 0 Å². The lowest BCUT2D eigenvalue weighted by atomic mass is 9.79. The van der Waals surface area contributed by atoms with Crippen LogP contribution in [0.2, 0.25) is 12.6 Å². The molecule has 0 aromatic heterocycles. The molecule has 0 fully saturated rings. The molecule has 5 nitrogen and oxygen atoms in total. The van der Waals surface area contributed by atoms with Crippen LogP contribution in [0.15, 0.2) is 0 Å². The maximum atomic E-state index is 6.00. The molecular formula is C23H53N3O2Si. The van der Waals surface area contributed by atoms with Crippen LogP contribution in [0.4, 0.5) is 0 Å². The number of nitrogens with zero attached hydrogens (tertiary/aromatic N) is 3. The van der Waals surface area contributed by atoms with Gasteiger partial charge in [0.05, 0.1) is 0 Å². The smallest absolute Gasteiger partial charge is 0.334 e.